The molecular formula is C18H23FN2. The van der Waals surface area contributed by atoms with Crippen molar-refractivity contribution in [3.63, 3.8) is 0 Å². The van der Waals surface area contributed by atoms with Gasteiger partial charge in [-0.15, -0.1) is 0 Å². The van der Waals surface area contributed by atoms with E-state index < -0.39 is 0 Å². The second-order valence-electron chi connectivity index (χ2n) is 5.36. The van der Waals surface area contributed by atoms with E-state index in [1.54, 1.807) is 6.07 Å². The second kappa shape index (κ2) is 6.72. The lowest BCUT2D eigenvalue weighted by atomic mass is 10.0. The first kappa shape index (κ1) is 15.5. The molecule has 1 N–H and O–H groups in total. The van der Waals surface area contributed by atoms with Gasteiger partial charge in [-0.2, -0.15) is 0 Å². The van der Waals surface area contributed by atoms with Crippen LogP contribution in [0.5, 0.6) is 0 Å². The van der Waals surface area contributed by atoms with Crippen molar-refractivity contribution in [1.82, 2.24) is 5.32 Å². The van der Waals surface area contributed by atoms with Crippen LogP contribution in [0.4, 0.5) is 15.8 Å². The van der Waals surface area contributed by atoms with E-state index in [2.05, 4.69) is 25.2 Å². The summed E-state index contributed by atoms with van der Waals surface area (Å²) in [6.07, 6.45) is 0. The summed E-state index contributed by atoms with van der Waals surface area (Å²) in [5.41, 5.74) is 3.76. The number of anilines is 2. The number of nitrogens with one attached hydrogen (secondary N) is 1. The molecule has 2 aromatic rings. The van der Waals surface area contributed by atoms with Gasteiger partial charge in [-0.05, 0) is 49.7 Å². The SMILES string of the molecule is CCNC(C)c1cccc(F)c1N(C)c1cccc(C)c1. The van der Waals surface area contributed by atoms with Gasteiger partial charge in [0.1, 0.15) is 5.82 Å². The van der Waals surface area contributed by atoms with Crippen LogP contribution >= 0.6 is 0 Å². The molecule has 0 fully saturated rings. The average Bonchev–Trinajstić information content (AvgIpc) is 2.46. The molecule has 0 saturated carbocycles. The van der Waals surface area contributed by atoms with Crippen LogP contribution in [0.3, 0.4) is 0 Å². The molecule has 0 saturated heterocycles. The van der Waals surface area contributed by atoms with Gasteiger partial charge in [0.2, 0.25) is 0 Å². The Bertz CT molecular complexity index is 610. The van der Waals surface area contributed by atoms with Gasteiger partial charge < -0.3 is 10.2 Å². The Hall–Kier alpha value is -1.87. The molecule has 3 heteroatoms. The maximum absolute atomic E-state index is 14.4. The predicted octanol–water partition coefficient (Wildman–Crippen LogP) is 4.57. The highest BCUT2D eigenvalue weighted by Crippen LogP contribution is 2.33. The summed E-state index contributed by atoms with van der Waals surface area (Å²) in [5, 5.41) is 3.35. The number of benzene rings is 2. The zero-order valence-electron chi connectivity index (χ0n) is 13.2. The third kappa shape index (κ3) is 3.42. The van der Waals surface area contributed by atoms with Crippen molar-refractivity contribution >= 4 is 11.4 Å². The van der Waals surface area contributed by atoms with Crippen molar-refractivity contribution in [3.8, 4) is 0 Å². The molecule has 0 aliphatic carbocycles. The van der Waals surface area contributed by atoms with Crippen molar-refractivity contribution in [3.05, 3.63) is 59.4 Å². The lowest BCUT2D eigenvalue weighted by Gasteiger charge is -2.26. The fraction of sp³-hybridized carbons (Fsp3) is 0.333. The Kier molecular flexibility index (Phi) is 4.97. The van der Waals surface area contributed by atoms with Gasteiger partial charge in [-0.1, -0.05) is 31.2 Å². The van der Waals surface area contributed by atoms with Gasteiger partial charge >= 0.3 is 0 Å². The molecule has 1 unspecified atom stereocenters. The zero-order valence-corrected chi connectivity index (χ0v) is 13.2. The molecule has 0 amide bonds. The number of hydrogen-bond acceptors (Lipinski definition) is 2. The first-order valence-electron chi connectivity index (χ1n) is 7.36. The second-order valence-corrected chi connectivity index (χ2v) is 5.36. The fourth-order valence-corrected chi connectivity index (χ4v) is 2.62. The van der Waals surface area contributed by atoms with E-state index in [9.17, 15) is 4.39 Å². The van der Waals surface area contributed by atoms with Crippen LogP contribution in [0.1, 0.15) is 31.0 Å². The third-order valence-corrected chi connectivity index (χ3v) is 3.72. The molecular weight excluding hydrogens is 263 g/mol. The minimum absolute atomic E-state index is 0.105. The van der Waals surface area contributed by atoms with E-state index in [4.69, 9.17) is 0 Å². The largest absolute Gasteiger partial charge is 0.342 e. The van der Waals surface area contributed by atoms with E-state index in [0.29, 0.717) is 5.69 Å². The number of para-hydroxylation sites is 1. The Labute approximate surface area is 126 Å². The van der Waals surface area contributed by atoms with Crippen molar-refractivity contribution < 1.29 is 4.39 Å². The van der Waals surface area contributed by atoms with Crippen LogP contribution in [0.2, 0.25) is 0 Å². The molecule has 2 aromatic carbocycles. The average molecular weight is 286 g/mol. The smallest absolute Gasteiger partial charge is 0.147 e. The summed E-state index contributed by atoms with van der Waals surface area (Å²) in [6, 6.07) is 13.5. The monoisotopic (exact) mass is 286 g/mol. The Morgan fingerprint density at radius 3 is 2.57 bits per heavy atom. The van der Waals surface area contributed by atoms with E-state index >= 15 is 0 Å². The number of hydrogen-bond donors (Lipinski definition) is 1. The minimum atomic E-state index is -0.193. The molecule has 2 nitrogen and oxygen atoms in total. The summed E-state index contributed by atoms with van der Waals surface area (Å²) in [5.74, 6) is -0.193. The van der Waals surface area contributed by atoms with Gasteiger partial charge in [0.05, 0.1) is 5.69 Å². The maximum Gasteiger partial charge on any atom is 0.147 e. The summed E-state index contributed by atoms with van der Waals surface area (Å²) < 4.78 is 14.4. The molecule has 112 valence electrons. The highest BCUT2D eigenvalue weighted by atomic mass is 19.1. The first-order chi connectivity index (χ1) is 10.0. The van der Waals surface area contributed by atoms with Crippen molar-refractivity contribution in [2.24, 2.45) is 0 Å². The molecule has 0 aliphatic rings. The maximum atomic E-state index is 14.4. The lowest BCUT2D eigenvalue weighted by molar-refractivity contribution is 0.583. The Balaban J connectivity index is 2.47. The summed E-state index contributed by atoms with van der Waals surface area (Å²) in [7, 11) is 1.91. The summed E-state index contributed by atoms with van der Waals surface area (Å²) in [6.45, 7) is 7.01. The highest BCUT2D eigenvalue weighted by Gasteiger charge is 2.18. The van der Waals surface area contributed by atoms with Gasteiger partial charge in [0.15, 0.2) is 0 Å². The number of rotatable bonds is 5. The van der Waals surface area contributed by atoms with Crippen LogP contribution in [-0.4, -0.2) is 13.6 Å². The van der Waals surface area contributed by atoms with E-state index in [-0.39, 0.29) is 11.9 Å². The summed E-state index contributed by atoms with van der Waals surface area (Å²) >= 11 is 0. The molecule has 2 rings (SSSR count). The van der Waals surface area contributed by atoms with Crippen LogP contribution in [0.15, 0.2) is 42.5 Å². The highest BCUT2D eigenvalue weighted by molar-refractivity contribution is 5.67. The number of nitrogens with zero attached hydrogens (tertiary/aromatic N) is 1. The van der Waals surface area contributed by atoms with Gasteiger partial charge in [0, 0.05) is 18.8 Å². The van der Waals surface area contributed by atoms with E-state index in [0.717, 1.165) is 23.4 Å². The molecule has 0 bridgehead atoms. The van der Waals surface area contributed by atoms with E-state index in [1.807, 2.05) is 43.1 Å². The van der Waals surface area contributed by atoms with Crippen molar-refractivity contribution in [2.75, 3.05) is 18.5 Å². The van der Waals surface area contributed by atoms with Gasteiger partial charge in [-0.25, -0.2) is 4.39 Å². The third-order valence-electron chi connectivity index (χ3n) is 3.72. The molecule has 21 heavy (non-hydrogen) atoms. The normalized spacial score (nSPS) is 12.2. The summed E-state index contributed by atoms with van der Waals surface area (Å²) in [4.78, 5) is 1.92. The van der Waals surface area contributed by atoms with Crippen molar-refractivity contribution in [2.45, 2.75) is 26.8 Å². The van der Waals surface area contributed by atoms with Crippen LogP contribution in [0, 0.1) is 12.7 Å². The number of aryl methyl sites for hydroxylation is 1. The molecule has 0 heterocycles. The minimum Gasteiger partial charge on any atom is -0.342 e. The van der Waals surface area contributed by atoms with E-state index in [1.165, 1.54) is 6.07 Å². The van der Waals surface area contributed by atoms with Crippen LogP contribution in [-0.2, 0) is 0 Å². The van der Waals surface area contributed by atoms with Crippen LogP contribution in [0.25, 0.3) is 0 Å². The lowest BCUT2D eigenvalue weighted by Crippen LogP contribution is -2.22. The molecule has 1 atom stereocenters. The Morgan fingerprint density at radius 2 is 1.90 bits per heavy atom. The molecule has 0 aromatic heterocycles. The zero-order chi connectivity index (χ0) is 15.4. The molecule has 0 spiro atoms. The van der Waals surface area contributed by atoms with Crippen molar-refractivity contribution in [1.29, 1.82) is 0 Å². The topological polar surface area (TPSA) is 15.3 Å². The standard InChI is InChI=1S/C18H23FN2/c1-5-20-14(3)16-10-7-11-17(19)18(16)21(4)15-9-6-8-13(2)12-15/h6-12,14,20H,5H2,1-4H3. The fourth-order valence-electron chi connectivity index (χ4n) is 2.62. The van der Waals surface area contributed by atoms with Gasteiger partial charge in [0.25, 0.3) is 0 Å². The predicted molar refractivity (Wildman–Crippen MR) is 87.7 cm³/mol. The Morgan fingerprint density at radius 1 is 1.19 bits per heavy atom. The van der Waals surface area contributed by atoms with Crippen LogP contribution < -0.4 is 10.2 Å². The molecule has 0 radical (unpaired) electrons. The number of halogens is 1. The molecule has 0 aliphatic heterocycles. The van der Waals surface area contributed by atoms with Gasteiger partial charge in [-0.3, -0.25) is 0 Å². The quantitative estimate of drug-likeness (QED) is 0.866. The first-order valence-corrected chi connectivity index (χ1v) is 7.36.